The smallest absolute Gasteiger partial charge is 0.267 e. The molecule has 2 rings (SSSR count). The molecule has 2 heterocycles. The number of nitrogens with zero attached hydrogens (tertiary/aromatic N) is 5. The number of nitrogens with two attached hydrogens (primary N) is 1. The zero-order chi connectivity index (χ0) is 16.2. The fourth-order valence-corrected chi connectivity index (χ4v) is 2.94. The molecule has 1 amide bonds. The number of primary sulfonamides is 1. The highest BCUT2D eigenvalue weighted by molar-refractivity contribution is 7.91. The van der Waals surface area contributed by atoms with Crippen molar-refractivity contribution in [1.29, 1.82) is 0 Å². The second-order valence-electron chi connectivity index (χ2n) is 4.39. The normalized spacial score (nSPS) is 11.5. The Hall–Kier alpha value is -1.92. The molecule has 0 aliphatic rings. The Morgan fingerprint density at radius 2 is 2.18 bits per heavy atom. The number of amides is 1. The van der Waals surface area contributed by atoms with Crippen LogP contribution < -0.4 is 10.5 Å². The number of aryl methyl sites for hydroxylation is 2. The molecule has 0 saturated carbocycles. The molecule has 12 heteroatoms. The lowest BCUT2D eigenvalue weighted by molar-refractivity contribution is -0.116. The third-order valence-corrected chi connectivity index (χ3v) is 4.79. The van der Waals surface area contributed by atoms with Gasteiger partial charge in [0, 0.05) is 19.2 Å². The first kappa shape index (κ1) is 16.5. The first-order chi connectivity index (χ1) is 10.4. The second-order valence-corrected chi connectivity index (χ2v) is 7.10. The van der Waals surface area contributed by atoms with Gasteiger partial charge in [0.1, 0.15) is 0 Å². The number of carbonyl (C=O) groups is 1. The van der Waals surface area contributed by atoms with Gasteiger partial charge in [-0.3, -0.25) is 9.48 Å². The maximum atomic E-state index is 11.7. The standard InChI is InChI=1S/C10H15N7O3S2/c1-2-17-6-7(13-16-17)4-3-5-8(18)12-9-14-15-10(21-9)22(11,19)20/h6H,2-5H2,1H3,(H2,11,19,20)(H,12,14,18). The predicted molar refractivity (Wildman–Crippen MR) is 78.5 cm³/mol. The first-order valence-electron chi connectivity index (χ1n) is 6.43. The van der Waals surface area contributed by atoms with Gasteiger partial charge in [-0.2, -0.15) is 0 Å². The predicted octanol–water partition coefficient (Wildman–Crippen LogP) is -0.242. The maximum absolute atomic E-state index is 11.7. The number of anilines is 1. The molecule has 10 nitrogen and oxygen atoms in total. The molecule has 120 valence electrons. The van der Waals surface area contributed by atoms with Crippen molar-refractivity contribution in [2.45, 2.75) is 37.1 Å². The monoisotopic (exact) mass is 345 g/mol. The van der Waals surface area contributed by atoms with Crippen molar-refractivity contribution < 1.29 is 13.2 Å². The van der Waals surface area contributed by atoms with Gasteiger partial charge in [0.25, 0.3) is 10.0 Å². The van der Waals surface area contributed by atoms with Crippen molar-refractivity contribution in [2.75, 3.05) is 5.32 Å². The van der Waals surface area contributed by atoms with Crippen LogP contribution in [0.3, 0.4) is 0 Å². The highest BCUT2D eigenvalue weighted by atomic mass is 32.2. The van der Waals surface area contributed by atoms with Crippen molar-refractivity contribution >= 4 is 32.4 Å². The SMILES string of the molecule is CCn1cc(CCCC(=O)Nc2nnc(S(N)(=O)=O)s2)nn1. The summed E-state index contributed by atoms with van der Waals surface area (Å²) >= 11 is 0.711. The zero-order valence-corrected chi connectivity index (χ0v) is 13.4. The zero-order valence-electron chi connectivity index (χ0n) is 11.8. The number of hydrogen-bond acceptors (Lipinski definition) is 8. The van der Waals surface area contributed by atoms with E-state index < -0.39 is 10.0 Å². The van der Waals surface area contributed by atoms with Gasteiger partial charge >= 0.3 is 0 Å². The van der Waals surface area contributed by atoms with Crippen molar-refractivity contribution in [3.8, 4) is 0 Å². The van der Waals surface area contributed by atoms with E-state index in [9.17, 15) is 13.2 Å². The lowest BCUT2D eigenvalue weighted by Gasteiger charge is -1.99. The fraction of sp³-hybridized carbons (Fsp3) is 0.500. The van der Waals surface area contributed by atoms with Crippen LogP contribution in [0.5, 0.6) is 0 Å². The second kappa shape index (κ2) is 6.89. The van der Waals surface area contributed by atoms with Crippen LogP contribution in [0.2, 0.25) is 0 Å². The molecule has 0 spiro atoms. The third kappa shape index (κ3) is 4.54. The minimum atomic E-state index is -3.89. The molecular formula is C10H15N7O3S2. The van der Waals surface area contributed by atoms with E-state index in [2.05, 4.69) is 25.8 Å². The summed E-state index contributed by atoms with van der Waals surface area (Å²) in [6.45, 7) is 2.71. The number of carbonyl (C=O) groups excluding carboxylic acids is 1. The van der Waals surface area contributed by atoms with Crippen LogP contribution in [0.1, 0.15) is 25.5 Å². The van der Waals surface area contributed by atoms with E-state index >= 15 is 0 Å². The van der Waals surface area contributed by atoms with Crippen LogP contribution in [-0.4, -0.2) is 39.5 Å². The molecule has 3 N–H and O–H groups in total. The fourth-order valence-electron chi connectivity index (χ4n) is 1.59. The number of aromatic nitrogens is 5. The van der Waals surface area contributed by atoms with Crippen LogP contribution in [0.25, 0.3) is 0 Å². The molecule has 0 aromatic carbocycles. The highest BCUT2D eigenvalue weighted by Crippen LogP contribution is 2.18. The average Bonchev–Trinajstić information content (AvgIpc) is 3.07. The third-order valence-electron chi connectivity index (χ3n) is 2.64. The minimum Gasteiger partial charge on any atom is -0.301 e. The van der Waals surface area contributed by atoms with Crippen molar-refractivity contribution in [3.63, 3.8) is 0 Å². The molecule has 0 radical (unpaired) electrons. The van der Waals surface area contributed by atoms with Gasteiger partial charge in [0.05, 0.1) is 5.69 Å². The van der Waals surface area contributed by atoms with Gasteiger partial charge < -0.3 is 5.32 Å². The van der Waals surface area contributed by atoms with Crippen LogP contribution in [0.15, 0.2) is 10.5 Å². The van der Waals surface area contributed by atoms with Crippen molar-refractivity contribution in [2.24, 2.45) is 5.14 Å². The number of sulfonamides is 1. The topological polar surface area (TPSA) is 146 Å². The maximum Gasteiger partial charge on any atom is 0.267 e. The molecule has 2 aromatic rings. The summed E-state index contributed by atoms with van der Waals surface area (Å²) in [5.74, 6) is -0.278. The summed E-state index contributed by atoms with van der Waals surface area (Å²) in [6.07, 6.45) is 3.31. The van der Waals surface area contributed by atoms with E-state index in [-0.39, 0.29) is 21.8 Å². The number of hydrogen-bond donors (Lipinski definition) is 2. The average molecular weight is 345 g/mol. The van der Waals surface area contributed by atoms with E-state index in [4.69, 9.17) is 5.14 Å². The quantitative estimate of drug-likeness (QED) is 0.658. The molecule has 0 saturated heterocycles. The molecule has 2 aromatic heterocycles. The van der Waals surface area contributed by atoms with Crippen LogP contribution in [-0.2, 0) is 27.8 Å². The summed E-state index contributed by atoms with van der Waals surface area (Å²) in [6, 6.07) is 0. The Bertz CT molecular complexity index is 752. The largest absolute Gasteiger partial charge is 0.301 e. The van der Waals surface area contributed by atoms with E-state index in [1.165, 1.54) is 0 Å². The molecular weight excluding hydrogens is 330 g/mol. The van der Waals surface area contributed by atoms with Gasteiger partial charge in [-0.25, -0.2) is 13.6 Å². The summed E-state index contributed by atoms with van der Waals surface area (Å²) < 4.78 is 23.5. The summed E-state index contributed by atoms with van der Waals surface area (Å²) in [4.78, 5) is 11.7. The van der Waals surface area contributed by atoms with Gasteiger partial charge in [-0.15, -0.1) is 15.3 Å². The van der Waals surface area contributed by atoms with Crippen LogP contribution in [0, 0.1) is 0 Å². The Kier molecular flexibility index (Phi) is 5.15. The lowest BCUT2D eigenvalue weighted by Crippen LogP contribution is -2.11. The molecule has 0 aliphatic heterocycles. The molecule has 0 bridgehead atoms. The van der Waals surface area contributed by atoms with E-state index in [1.54, 1.807) is 4.68 Å². The van der Waals surface area contributed by atoms with E-state index in [0.29, 0.717) is 24.2 Å². The Morgan fingerprint density at radius 1 is 1.41 bits per heavy atom. The van der Waals surface area contributed by atoms with E-state index in [0.717, 1.165) is 12.2 Å². The molecule has 0 fully saturated rings. The van der Waals surface area contributed by atoms with Gasteiger partial charge in [-0.05, 0) is 19.8 Å². The van der Waals surface area contributed by atoms with Crippen molar-refractivity contribution in [3.05, 3.63) is 11.9 Å². The Balaban J connectivity index is 1.79. The lowest BCUT2D eigenvalue weighted by atomic mass is 10.2. The number of nitrogens with one attached hydrogen (secondary N) is 1. The summed E-state index contributed by atoms with van der Waals surface area (Å²) in [5.41, 5.74) is 0.821. The molecule has 22 heavy (non-hydrogen) atoms. The molecule has 0 aliphatic carbocycles. The molecule has 0 atom stereocenters. The van der Waals surface area contributed by atoms with Crippen LogP contribution >= 0.6 is 11.3 Å². The summed E-state index contributed by atoms with van der Waals surface area (Å²) in [7, 11) is -3.89. The molecule has 0 unspecified atom stereocenters. The van der Waals surface area contributed by atoms with Gasteiger partial charge in [0.2, 0.25) is 15.4 Å². The Labute approximate surface area is 130 Å². The van der Waals surface area contributed by atoms with Gasteiger partial charge in [0.15, 0.2) is 0 Å². The Morgan fingerprint density at radius 3 is 2.77 bits per heavy atom. The van der Waals surface area contributed by atoms with Gasteiger partial charge in [-0.1, -0.05) is 16.6 Å². The van der Waals surface area contributed by atoms with Crippen molar-refractivity contribution in [1.82, 2.24) is 25.2 Å². The van der Waals surface area contributed by atoms with Crippen LogP contribution in [0.4, 0.5) is 5.13 Å². The number of rotatable bonds is 7. The minimum absolute atomic E-state index is 0.103. The van der Waals surface area contributed by atoms with E-state index in [1.807, 2.05) is 13.1 Å². The highest BCUT2D eigenvalue weighted by Gasteiger charge is 2.16. The first-order valence-corrected chi connectivity index (χ1v) is 8.80. The summed E-state index contributed by atoms with van der Waals surface area (Å²) in [5, 5.41) is 22.3.